The van der Waals surface area contributed by atoms with Gasteiger partial charge in [-0.3, -0.25) is 14.8 Å². The van der Waals surface area contributed by atoms with E-state index in [-0.39, 0.29) is 24.3 Å². The number of piperazine rings is 1. The van der Waals surface area contributed by atoms with E-state index in [1.165, 1.54) is 19.4 Å². The number of likely N-dealkylation sites (N-methyl/N-ethyl adjacent to an activating group) is 1. The molecule has 4 rings (SSSR count). The summed E-state index contributed by atoms with van der Waals surface area (Å²) in [5, 5.41) is 2.86. The second-order valence-corrected chi connectivity index (χ2v) is 8.20. The van der Waals surface area contributed by atoms with Crippen molar-refractivity contribution in [2.24, 2.45) is 0 Å². The fourth-order valence-corrected chi connectivity index (χ4v) is 4.21. The predicted molar refractivity (Wildman–Crippen MR) is 119 cm³/mol. The number of amides is 1. The summed E-state index contributed by atoms with van der Waals surface area (Å²) in [6.07, 6.45) is -1.36. The maximum Gasteiger partial charge on any atom is 0.416 e. The highest BCUT2D eigenvalue weighted by molar-refractivity contribution is 5.94. The minimum atomic E-state index is -4.43. The summed E-state index contributed by atoms with van der Waals surface area (Å²) in [5.41, 5.74) is 1.76. The first-order chi connectivity index (χ1) is 15.7. The van der Waals surface area contributed by atoms with Crippen molar-refractivity contribution in [3.63, 3.8) is 0 Å². The first kappa shape index (κ1) is 23.0. The number of allylic oxidation sites excluding steroid dienone is 2. The first-order valence-electron chi connectivity index (χ1n) is 10.7. The van der Waals surface area contributed by atoms with Gasteiger partial charge in [0.15, 0.2) is 0 Å². The van der Waals surface area contributed by atoms with E-state index in [1.54, 1.807) is 24.1 Å². The van der Waals surface area contributed by atoms with Crippen LogP contribution in [0.1, 0.15) is 33.0 Å². The van der Waals surface area contributed by atoms with E-state index in [1.807, 2.05) is 7.05 Å². The smallest absolute Gasteiger partial charge is 0.416 e. The van der Waals surface area contributed by atoms with Gasteiger partial charge in [-0.15, -0.1) is 0 Å². The lowest BCUT2D eigenvalue weighted by molar-refractivity contribution is -0.0687. The van der Waals surface area contributed by atoms with Crippen molar-refractivity contribution >= 4 is 17.2 Å². The molecule has 33 heavy (non-hydrogen) atoms. The van der Waals surface area contributed by atoms with E-state index >= 15 is 0 Å². The van der Waals surface area contributed by atoms with Gasteiger partial charge < -0.3 is 19.9 Å². The lowest BCUT2D eigenvalue weighted by atomic mass is 10.0. The molecule has 2 aliphatic rings. The van der Waals surface area contributed by atoms with E-state index in [0.717, 1.165) is 13.1 Å². The lowest BCUT2D eigenvalue weighted by Gasteiger charge is -2.32. The molecule has 10 heteroatoms. The zero-order valence-corrected chi connectivity index (χ0v) is 18.8. The van der Waals surface area contributed by atoms with E-state index < -0.39 is 11.7 Å². The number of fused-ring (bicyclic) bond motifs is 1. The van der Waals surface area contributed by atoms with Crippen LogP contribution in [0.5, 0.6) is 5.75 Å². The molecule has 3 heterocycles. The second-order valence-electron chi connectivity index (χ2n) is 8.20. The molecule has 1 saturated heterocycles. The highest BCUT2D eigenvalue weighted by Gasteiger charge is 2.40. The van der Waals surface area contributed by atoms with Gasteiger partial charge in [0, 0.05) is 69.2 Å². The molecule has 0 atom stereocenters. The van der Waals surface area contributed by atoms with Crippen molar-refractivity contribution in [3.8, 4) is 5.75 Å². The van der Waals surface area contributed by atoms with Crippen LogP contribution in [0.3, 0.4) is 0 Å². The van der Waals surface area contributed by atoms with Crippen LogP contribution < -0.4 is 10.1 Å². The highest BCUT2D eigenvalue weighted by atomic mass is 19.4. The SMILES string of the molecule is CNc1cc(Cc2ncc(C(=O)N3CCN(C)CC3)cc2OC)nc2c1C(C(F)(F)F)=CC2. The Morgan fingerprint density at radius 1 is 1.21 bits per heavy atom. The number of hydrogen-bond acceptors (Lipinski definition) is 6. The van der Waals surface area contributed by atoms with Crippen molar-refractivity contribution < 1.29 is 22.7 Å². The van der Waals surface area contributed by atoms with Gasteiger partial charge in [-0.2, -0.15) is 13.2 Å². The van der Waals surface area contributed by atoms with Crippen molar-refractivity contribution in [2.75, 3.05) is 52.7 Å². The fourth-order valence-electron chi connectivity index (χ4n) is 4.21. The number of carbonyl (C=O) groups excluding carboxylic acids is 1. The molecule has 0 spiro atoms. The molecule has 0 saturated carbocycles. The number of aromatic nitrogens is 2. The van der Waals surface area contributed by atoms with Crippen LogP contribution in [0, 0.1) is 0 Å². The molecule has 1 aliphatic carbocycles. The molecule has 1 fully saturated rings. The zero-order chi connectivity index (χ0) is 23.8. The molecule has 1 amide bonds. The Kier molecular flexibility index (Phi) is 6.29. The summed E-state index contributed by atoms with van der Waals surface area (Å²) in [5.74, 6) is 0.344. The van der Waals surface area contributed by atoms with Crippen LogP contribution in [0.25, 0.3) is 5.57 Å². The molecule has 0 radical (unpaired) electrons. The summed E-state index contributed by atoms with van der Waals surface area (Å²) in [4.78, 5) is 25.7. The Labute approximate surface area is 190 Å². The van der Waals surface area contributed by atoms with Crippen LogP contribution in [0.15, 0.2) is 24.4 Å². The molecule has 0 unspecified atom stereocenters. The zero-order valence-electron chi connectivity index (χ0n) is 18.8. The molecular formula is C23H26F3N5O2. The molecule has 2 aromatic rings. The third-order valence-corrected chi connectivity index (χ3v) is 6.03. The largest absolute Gasteiger partial charge is 0.495 e. The predicted octanol–water partition coefficient (Wildman–Crippen LogP) is 3.01. The third kappa shape index (κ3) is 4.66. The van der Waals surface area contributed by atoms with Crippen LogP contribution in [0.4, 0.5) is 18.9 Å². The lowest BCUT2D eigenvalue weighted by Crippen LogP contribution is -2.47. The van der Waals surface area contributed by atoms with Crippen LogP contribution in [-0.4, -0.2) is 79.2 Å². The van der Waals surface area contributed by atoms with Gasteiger partial charge in [0.05, 0.1) is 29.6 Å². The van der Waals surface area contributed by atoms with Gasteiger partial charge in [0.1, 0.15) is 5.75 Å². The monoisotopic (exact) mass is 461 g/mol. The molecule has 0 aromatic carbocycles. The standard InChI is InChI=1S/C23H26F3N5O2/c1-27-19-12-15(29-17-5-4-16(21(17)19)23(24,25)26)11-18-20(33-3)10-14(13-28-18)22(32)31-8-6-30(2)7-9-31/h4,10,12-13H,5-9,11H2,1-3H3,(H,27,29). The fraction of sp³-hybridized carbons (Fsp3) is 0.435. The average Bonchev–Trinajstić information content (AvgIpc) is 3.23. The number of anilines is 1. The van der Waals surface area contributed by atoms with Crippen LogP contribution in [0.2, 0.25) is 0 Å². The normalized spacial score (nSPS) is 16.4. The van der Waals surface area contributed by atoms with Gasteiger partial charge >= 0.3 is 6.18 Å². The van der Waals surface area contributed by atoms with E-state index in [9.17, 15) is 18.0 Å². The Balaban J connectivity index is 1.58. The van der Waals surface area contributed by atoms with Crippen LogP contribution in [-0.2, 0) is 12.8 Å². The number of nitrogens with one attached hydrogen (secondary N) is 1. The average molecular weight is 461 g/mol. The van der Waals surface area contributed by atoms with Crippen LogP contribution >= 0.6 is 0 Å². The van der Waals surface area contributed by atoms with Gasteiger partial charge in [-0.25, -0.2) is 0 Å². The maximum atomic E-state index is 13.4. The van der Waals surface area contributed by atoms with Crippen molar-refractivity contribution in [1.29, 1.82) is 0 Å². The number of carbonyl (C=O) groups is 1. The van der Waals surface area contributed by atoms with Gasteiger partial charge in [-0.05, 0) is 19.2 Å². The Morgan fingerprint density at radius 2 is 1.94 bits per heavy atom. The number of halogens is 3. The molecule has 1 aliphatic heterocycles. The number of methoxy groups -OCH3 is 1. The quantitative estimate of drug-likeness (QED) is 0.738. The Morgan fingerprint density at radius 3 is 2.58 bits per heavy atom. The molecule has 176 valence electrons. The van der Waals surface area contributed by atoms with Gasteiger partial charge in [0.2, 0.25) is 0 Å². The van der Waals surface area contributed by atoms with E-state index in [2.05, 4.69) is 20.2 Å². The van der Waals surface area contributed by atoms with E-state index in [4.69, 9.17) is 4.74 Å². The minimum Gasteiger partial charge on any atom is -0.495 e. The van der Waals surface area contributed by atoms with Gasteiger partial charge in [0.25, 0.3) is 5.91 Å². The third-order valence-electron chi connectivity index (χ3n) is 6.03. The second kappa shape index (κ2) is 9.01. The number of nitrogens with zero attached hydrogens (tertiary/aromatic N) is 4. The molecular weight excluding hydrogens is 435 g/mol. The molecule has 7 nitrogen and oxygen atoms in total. The highest BCUT2D eigenvalue weighted by Crippen LogP contribution is 2.43. The first-order valence-corrected chi connectivity index (χ1v) is 10.7. The number of pyridine rings is 2. The summed E-state index contributed by atoms with van der Waals surface area (Å²) >= 11 is 0. The topological polar surface area (TPSA) is 70.6 Å². The van der Waals surface area contributed by atoms with Crippen molar-refractivity contribution in [3.05, 3.63) is 52.6 Å². The van der Waals surface area contributed by atoms with E-state index in [0.29, 0.717) is 47.2 Å². The van der Waals surface area contributed by atoms with Gasteiger partial charge in [-0.1, -0.05) is 6.08 Å². The molecule has 1 N–H and O–H groups in total. The number of ether oxygens (including phenoxy) is 1. The summed E-state index contributed by atoms with van der Waals surface area (Å²) in [6, 6.07) is 3.27. The number of hydrogen-bond donors (Lipinski definition) is 1. The Hall–Kier alpha value is -3.14. The number of rotatable bonds is 5. The van der Waals surface area contributed by atoms with Crippen molar-refractivity contribution in [1.82, 2.24) is 19.8 Å². The van der Waals surface area contributed by atoms with Crippen molar-refractivity contribution in [2.45, 2.75) is 19.0 Å². The molecule has 0 bridgehead atoms. The molecule has 2 aromatic heterocycles. The summed E-state index contributed by atoms with van der Waals surface area (Å²) < 4.78 is 45.6. The minimum absolute atomic E-state index is 0.0978. The summed E-state index contributed by atoms with van der Waals surface area (Å²) in [6.45, 7) is 2.94. The number of alkyl halides is 3. The summed E-state index contributed by atoms with van der Waals surface area (Å²) in [7, 11) is 5.11. The maximum absolute atomic E-state index is 13.4. The Bertz CT molecular complexity index is 1090.